The molecule has 1 atom stereocenters. The summed E-state index contributed by atoms with van der Waals surface area (Å²) in [7, 11) is 3.31. The van der Waals surface area contributed by atoms with Crippen molar-refractivity contribution >= 4 is 23.9 Å². The Kier molecular flexibility index (Phi) is 7.15. The van der Waals surface area contributed by atoms with Crippen LogP contribution in [0.15, 0.2) is 48.7 Å². The van der Waals surface area contributed by atoms with E-state index in [0.717, 1.165) is 6.07 Å². The van der Waals surface area contributed by atoms with Gasteiger partial charge in [-0.1, -0.05) is 24.3 Å². The molecule has 1 heterocycles. The zero-order chi connectivity index (χ0) is 22.4. The van der Waals surface area contributed by atoms with Crippen LogP contribution < -0.4 is 10.1 Å². The molecule has 0 aliphatic heterocycles. The number of methoxy groups -OCH3 is 1. The highest BCUT2D eigenvalue weighted by molar-refractivity contribution is 6.04. The number of aryl methyl sites for hydroxylation is 1. The predicted octanol–water partition coefficient (Wildman–Crippen LogP) is 4.53. The van der Waals surface area contributed by atoms with E-state index in [1.54, 1.807) is 55.4 Å². The zero-order valence-electron chi connectivity index (χ0n) is 17.4. The van der Waals surface area contributed by atoms with Crippen LogP contribution in [0.1, 0.15) is 28.4 Å². The van der Waals surface area contributed by atoms with Gasteiger partial charge in [-0.3, -0.25) is 9.48 Å². The summed E-state index contributed by atoms with van der Waals surface area (Å²) in [6.07, 6.45) is 4.49. The number of carbonyl (C=O) groups excluding carboxylic acids is 1. The van der Waals surface area contributed by atoms with Gasteiger partial charge < -0.3 is 14.8 Å². The molecular formula is C23H23F2N3O3. The van der Waals surface area contributed by atoms with Gasteiger partial charge in [-0.05, 0) is 36.8 Å². The number of aromatic nitrogens is 2. The summed E-state index contributed by atoms with van der Waals surface area (Å²) < 4.78 is 39.9. The van der Waals surface area contributed by atoms with E-state index < -0.39 is 11.6 Å². The number of anilines is 1. The van der Waals surface area contributed by atoms with Crippen LogP contribution in [-0.2, 0) is 11.8 Å². The molecule has 1 N–H and O–H groups in total. The normalized spacial score (nSPS) is 12.2. The number of nitrogens with one attached hydrogen (secondary N) is 1. The van der Waals surface area contributed by atoms with Gasteiger partial charge in [0.1, 0.15) is 11.9 Å². The average molecular weight is 427 g/mol. The second-order valence-corrected chi connectivity index (χ2v) is 6.98. The number of ether oxygens (including phenoxy) is 2. The maximum absolute atomic E-state index is 14.0. The molecule has 0 radical (unpaired) electrons. The Morgan fingerprint density at radius 2 is 2.03 bits per heavy atom. The van der Waals surface area contributed by atoms with Crippen LogP contribution in [-0.4, -0.2) is 35.5 Å². The van der Waals surface area contributed by atoms with Crippen molar-refractivity contribution in [2.45, 2.75) is 13.0 Å². The number of carbonyl (C=O) groups is 1. The molecule has 0 saturated heterocycles. The standard InChI is InChI=1S/C23H23F2N3O3/c1-15(14-30-3)31-19-12-16(7-8-17-5-4-6-20(24)22(17)25)11-18(13-19)23(29)26-21-9-10-28(2)27-21/h4-13,15H,14H2,1-3H3,(H,26,27,29)/b8-7+/t15-/m0/s1. The smallest absolute Gasteiger partial charge is 0.257 e. The Balaban J connectivity index is 1.91. The molecule has 0 saturated carbocycles. The van der Waals surface area contributed by atoms with Crippen LogP contribution in [0.25, 0.3) is 12.2 Å². The molecule has 1 aromatic heterocycles. The van der Waals surface area contributed by atoms with Crippen LogP contribution in [0, 0.1) is 11.6 Å². The van der Waals surface area contributed by atoms with E-state index in [9.17, 15) is 13.6 Å². The molecule has 0 aliphatic rings. The third-order valence-corrected chi connectivity index (χ3v) is 4.32. The first-order valence-electron chi connectivity index (χ1n) is 9.59. The predicted molar refractivity (Wildman–Crippen MR) is 115 cm³/mol. The van der Waals surface area contributed by atoms with Gasteiger partial charge in [0, 0.05) is 37.5 Å². The lowest BCUT2D eigenvalue weighted by atomic mass is 10.1. The van der Waals surface area contributed by atoms with Crippen LogP contribution in [0.5, 0.6) is 5.75 Å². The largest absolute Gasteiger partial charge is 0.488 e. The fourth-order valence-corrected chi connectivity index (χ4v) is 2.92. The Labute approximate surface area is 179 Å². The fourth-order valence-electron chi connectivity index (χ4n) is 2.92. The molecule has 3 rings (SSSR count). The second-order valence-electron chi connectivity index (χ2n) is 6.98. The highest BCUT2D eigenvalue weighted by atomic mass is 19.2. The lowest BCUT2D eigenvalue weighted by Crippen LogP contribution is -2.19. The lowest BCUT2D eigenvalue weighted by Gasteiger charge is -2.15. The fraction of sp³-hybridized carbons (Fsp3) is 0.217. The van der Waals surface area contributed by atoms with Gasteiger partial charge in [0.25, 0.3) is 5.91 Å². The maximum atomic E-state index is 14.0. The number of amides is 1. The van der Waals surface area contributed by atoms with E-state index in [1.807, 2.05) is 6.92 Å². The van der Waals surface area contributed by atoms with Crippen molar-refractivity contribution < 1.29 is 23.0 Å². The molecule has 0 aliphatic carbocycles. The molecule has 31 heavy (non-hydrogen) atoms. The van der Waals surface area contributed by atoms with Crippen molar-refractivity contribution in [2.75, 3.05) is 19.0 Å². The first-order valence-corrected chi connectivity index (χ1v) is 9.59. The van der Waals surface area contributed by atoms with Gasteiger partial charge in [-0.25, -0.2) is 8.78 Å². The van der Waals surface area contributed by atoms with Gasteiger partial charge in [0.2, 0.25) is 0 Å². The third-order valence-electron chi connectivity index (χ3n) is 4.32. The average Bonchev–Trinajstić information content (AvgIpc) is 3.13. The van der Waals surface area contributed by atoms with Gasteiger partial charge in [0.05, 0.1) is 6.61 Å². The number of rotatable bonds is 8. The van der Waals surface area contributed by atoms with Crippen LogP contribution in [0.4, 0.5) is 14.6 Å². The molecule has 0 spiro atoms. The third kappa shape index (κ3) is 5.99. The maximum Gasteiger partial charge on any atom is 0.257 e. The Morgan fingerprint density at radius 1 is 1.23 bits per heavy atom. The van der Waals surface area contributed by atoms with E-state index in [1.165, 1.54) is 18.2 Å². The Hall–Kier alpha value is -3.52. The molecule has 3 aromatic rings. The summed E-state index contributed by atoms with van der Waals surface area (Å²) in [6, 6.07) is 10.5. The SMILES string of the molecule is COC[C@H](C)Oc1cc(/C=C/c2cccc(F)c2F)cc(C(=O)Nc2ccn(C)n2)c1. The molecule has 0 unspecified atom stereocenters. The summed E-state index contributed by atoms with van der Waals surface area (Å²) in [6.45, 7) is 2.20. The summed E-state index contributed by atoms with van der Waals surface area (Å²) in [5, 5.41) is 6.85. The van der Waals surface area contributed by atoms with E-state index in [2.05, 4.69) is 10.4 Å². The van der Waals surface area contributed by atoms with Crippen LogP contribution >= 0.6 is 0 Å². The van der Waals surface area contributed by atoms with Crippen molar-refractivity contribution in [3.8, 4) is 5.75 Å². The summed E-state index contributed by atoms with van der Waals surface area (Å²) in [5.74, 6) is -1.39. The topological polar surface area (TPSA) is 65.4 Å². The van der Waals surface area contributed by atoms with E-state index >= 15 is 0 Å². The lowest BCUT2D eigenvalue weighted by molar-refractivity contribution is 0.0917. The van der Waals surface area contributed by atoms with Crippen molar-refractivity contribution in [1.82, 2.24) is 9.78 Å². The molecule has 0 fully saturated rings. The van der Waals surface area contributed by atoms with E-state index in [4.69, 9.17) is 9.47 Å². The molecule has 2 aromatic carbocycles. The minimum atomic E-state index is -0.937. The first kappa shape index (κ1) is 22.2. The number of benzene rings is 2. The molecule has 6 nitrogen and oxygen atoms in total. The Bertz CT molecular complexity index is 1100. The number of nitrogens with zero attached hydrogens (tertiary/aromatic N) is 2. The minimum absolute atomic E-state index is 0.0959. The van der Waals surface area contributed by atoms with Gasteiger partial charge >= 0.3 is 0 Å². The number of hydrogen-bond donors (Lipinski definition) is 1. The summed E-state index contributed by atoms with van der Waals surface area (Å²) in [4.78, 5) is 12.7. The van der Waals surface area contributed by atoms with E-state index in [-0.39, 0.29) is 17.6 Å². The molecule has 162 valence electrons. The quantitative estimate of drug-likeness (QED) is 0.537. The number of hydrogen-bond acceptors (Lipinski definition) is 4. The second kappa shape index (κ2) is 9.99. The molecule has 0 bridgehead atoms. The van der Waals surface area contributed by atoms with Crippen molar-refractivity contribution in [2.24, 2.45) is 7.05 Å². The number of halogens is 2. The molecule has 1 amide bonds. The summed E-state index contributed by atoms with van der Waals surface area (Å²) in [5.41, 5.74) is 1.00. The first-order chi connectivity index (χ1) is 14.9. The monoisotopic (exact) mass is 427 g/mol. The van der Waals surface area contributed by atoms with Gasteiger partial charge in [-0.15, -0.1) is 0 Å². The highest BCUT2D eigenvalue weighted by Crippen LogP contribution is 2.22. The van der Waals surface area contributed by atoms with Crippen molar-refractivity contribution in [3.05, 3.63) is 77.0 Å². The zero-order valence-corrected chi connectivity index (χ0v) is 17.4. The minimum Gasteiger partial charge on any atom is -0.488 e. The van der Waals surface area contributed by atoms with Crippen molar-refractivity contribution in [1.29, 1.82) is 0 Å². The van der Waals surface area contributed by atoms with Gasteiger partial charge in [-0.2, -0.15) is 5.10 Å². The van der Waals surface area contributed by atoms with Crippen LogP contribution in [0.3, 0.4) is 0 Å². The van der Waals surface area contributed by atoms with Crippen LogP contribution in [0.2, 0.25) is 0 Å². The van der Waals surface area contributed by atoms with E-state index in [0.29, 0.717) is 29.3 Å². The molecule has 8 heteroatoms. The van der Waals surface area contributed by atoms with Gasteiger partial charge in [0.15, 0.2) is 17.5 Å². The Morgan fingerprint density at radius 3 is 2.74 bits per heavy atom. The molecular weight excluding hydrogens is 404 g/mol. The highest BCUT2D eigenvalue weighted by Gasteiger charge is 2.13. The van der Waals surface area contributed by atoms with Crippen molar-refractivity contribution in [3.63, 3.8) is 0 Å². The summed E-state index contributed by atoms with van der Waals surface area (Å²) >= 11 is 0.